The molecule has 12 heteroatoms. The fourth-order valence-corrected chi connectivity index (χ4v) is 3.10. The van der Waals surface area contributed by atoms with E-state index in [9.17, 15) is 15.2 Å². The van der Waals surface area contributed by atoms with E-state index in [2.05, 4.69) is 30.8 Å². The number of para-hydroxylation sites is 1. The highest BCUT2D eigenvalue weighted by atomic mass is 16.6. The van der Waals surface area contributed by atoms with E-state index in [0.29, 0.717) is 38.2 Å². The molecule has 0 bridgehead atoms. The first-order valence-electron chi connectivity index (χ1n) is 10.2. The minimum atomic E-state index is -0.663. The second-order valence-electron chi connectivity index (χ2n) is 7.22. The van der Waals surface area contributed by atoms with Crippen LogP contribution in [0.5, 0.6) is 5.75 Å². The highest BCUT2D eigenvalue weighted by Gasteiger charge is 2.17. The van der Waals surface area contributed by atoms with Gasteiger partial charge in [-0.05, 0) is 25.1 Å². The van der Waals surface area contributed by atoms with Crippen LogP contribution in [0.4, 0.5) is 29.2 Å². The van der Waals surface area contributed by atoms with Gasteiger partial charge in [-0.15, -0.1) is 0 Å². The molecule has 0 atom stereocenters. The monoisotopic (exact) mass is 450 g/mol. The molecule has 0 saturated carbocycles. The van der Waals surface area contributed by atoms with Crippen LogP contribution in [-0.4, -0.2) is 57.5 Å². The lowest BCUT2D eigenvalue weighted by atomic mass is 10.2. The number of aryl methyl sites for hydroxylation is 1. The summed E-state index contributed by atoms with van der Waals surface area (Å²) in [5.41, 5.74) is 4.43. The first-order valence-corrected chi connectivity index (χ1v) is 10.2. The fraction of sp³-hybridized carbons (Fsp3) is 0.238. The standard InChI is InChI=1S/C21H22N8O4/c1-14-5-7-16(8-6-14)23-19-24-20(26-21(25-19)28-9-11-33-12-10-28)27-22-13-15-3-2-4-17(18(15)30)29(31)32/h2-8,13,30H,9-12H2,1H3,(H2,23,24,25,26,27)/b22-13+. The summed E-state index contributed by atoms with van der Waals surface area (Å²) in [6.45, 7) is 4.41. The van der Waals surface area contributed by atoms with E-state index in [1.807, 2.05) is 36.1 Å². The minimum absolute atomic E-state index is 0.169. The summed E-state index contributed by atoms with van der Waals surface area (Å²) in [6, 6.07) is 12.0. The van der Waals surface area contributed by atoms with Gasteiger partial charge in [-0.3, -0.25) is 10.1 Å². The number of anilines is 4. The average Bonchev–Trinajstić information content (AvgIpc) is 2.82. The maximum Gasteiger partial charge on any atom is 0.311 e. The lowest BCUT2D eigenvalue weighted by Crippen LogP contribution is -2.37. The summed E-state index contributed by atoms with van der Waals surface area (Å²) in [5.74, 6) is 0.478. The smallest absolute Gasteiger partial charge is 0.311 e. The third-order valence-corrected chi connectivity index (χ3v) is 4.84. The minimum Gasteiger partial charge on any atom is -0.502 e. The highest BCUT2D eigenvalue weighted by Crippen LogP contribution is 2.28. The van der Waals surface area contributed by atoms with Crippen molar-refractivity contribution in [3.8, 4) is 5.75 Å². The number of nitrogens with one attached hydrogen (secondary N) is 2. The van der Waals surface area contributed by atoms with Gasteiger partial charge in [0.1, 0.15) is 0 Å². The van der Waals surface area contributed by atoms with E-state index < -0.39 is 16.4 Å². The molecule has 1 aliphatic rings. The van der Waals surface area contributed by atoms with E-state index in [-0.39, 0.29) is 11.5 Å². The molecule has 3 aromatic rings. The third-order valence-electron chi connectivity index (χ3n) is 4.84. The van der Waals surface area contributed by atoms with Gasteiger partial charge in [0, 0.05) is 30.4 Å². The molecule has 0 unspecified atom stereocenters. The van der Waals surface area contributed by atoms with Crippen LogP contribution < -0.4 is 15.6 Å². The van der Waals surface area contributed by atoms with E-state index in [4.69, 9.17) is 4.74 Å². The van der Waals surface area contributed by atoms with Crippen molar-refractivity contribution < 1.29 is 14.8 Å². The number of rotatable bonds is 7. The van der Waals surface area contributed by atoms with Crippen molar-refractivity contribution in [3.63, 3.8) is 0 Å². The Balaban J connectivity index is 1.58. The number of hydrogen-bond donors (Lipinski definition) is 3. The maximum absolute atomic E-state index is 11.0. The molecule has 1 saturated heterocycles. The van der Waals surface area contributed by atoms with Gasteiger partial charge in [0.2, 0.25) is 23.6 Å². The number of phenols is 1. The van der Waals surface area contributed by atoms with E-state index in [0.717, 1.165) is 11.3 Å². The van der Waals surface area contributed by atoms with Gasteiger partial charge in [-0.25, -0.2) is 5.43 Å². The largest absolute Gasteiger partial charge is 0.502 e. The number of nitro benzene ring substituents is 1. The second kappa shape index (κ2) is 9.87. The van der Waals surface area contributed by atoms with Gasteiger partial charge in [0.15, 0.2) is 0 Å². The summed E-state index contributed by atoms with van der Waals surface area (Å²) < 4.78 is 5.40. The summed E-state index contributed by atoms with van der Waals surface area (Å²) in [6.07, 6.45) is 1.26. The molecule has 33 heavy (non-hydrogen) atoms. The molecule has 0 radical (unpaired) electrons. The van der Waals surface area contributed by atoms with Crippen LogP contribution in [0.1, 0.15) is 11.1 Å². The summed E-state index contributed by atoms with van der Waals surface area (Å²) >= 11 is 0. The molecule has 12 nitrogen and oxygen atoms in total. The maximum atomic E-state index is 11.0. The van der Waals surface area contributed by atoms with Crippen LogP contribution in [0.15, 0.2) is 47.6 Å². The zero-order valence-corrected chi connectivity index (χ0v) is 17.8. The number of nitrogens with zero attached hydrogens (tertiary/aromatic N) is 6. The molecular formula is C21H22N8O4. The topological polar surface area (TPSA) is 151 Å². The first-order chi connectivity index (χ1) is 16.0. The number of hydrogen-bond acceptors (Lipinski definition) is 11. The number of hydrazone groups is 1. The molecular weight excluding hydrogens is 428 g/mol. The van der Waals surface area contributed by atoms with Crippen LogP contribution in [-0.2, 0) is 4.74 Å². The Bertz CT molecular complexity index is 1160. The lowest BCUT2D eigenvalue weighted by Gasteiger charge is -2.27. The Morgan fingerprint density at radius 1 is 1.12 bits per heavy atom. The number of benzene rings is 2. The van der Waals surface area contributed by atoms with Gasteiger partial charge in [-0.1, -0.05) is 23.8 Å². The zero-order chi connectivity index (χ0) is 23.2. The first kappa shape index (κ1) is 21.9. The number of phenolic OH excluding ortho intramolecular Hbond substituents is 1. The molecule has 0 amide bonds. The Labute approximate surface area is 189 Å². The average molecular weight is 450 g/mol. The van der Waals surface area contributed by atoms with Gasteiger partial charge < -0.3 is 20.1 Å². The van der Waals surface area contributed by atoms with Crippen LogP contribution in [0.25, 0.3) is 0 Å². The SMILES string of the molecule is Cc1ccc(Nc2nc(N/N=C/c3cccc([N+](=O)[O-])c3O)nc(N3CCOCC3)n2)cc1. The van der Waals surface area contributed by atoms with E-state index >= 15 is 0 Å². The van der Waals surface area contributed by atoms with Crippen molar-refractivity contribution in [1.29, 1.82) is 0 Å². The normalized spacial score (nSPS) is 13.8. The Kier molecular flexibility index (Phi) is 6.55. The van der Waals surface area contributed by atoms with Crippen molar-refractivity contribution >= 4 is 35.4 Å². The molecule has 0 aliphatic carbocycles. The van der Waals surface area contributed by atoms with Crippen molar-refractivity contribution in [1.82, 2.24) is 15.0 Å². The van der Waals surface area contributed by atoms with Crippen LogP contribution in [0.2, 0.25) is 0 Å². The van der Waals surface area contributed by atoms with Crippen molar-refractivity contribution in [2.75, 3.05) is 41.9 Å². The highest BCUT2D eigenvalue weighted by molar-refractivity contribution is 5.85. The number of ether oxygens (including phenoxy) is 1. The van der Waals surface area contributed by atoms with E-state index in [1.54, 1.807) is 0 Å². The Hall–Kier alpha value is -4.32. The molecule has 170 valence electrons. The number of aromatic hydroxyl groups is 1. The van der Waals surface area contributed by atoms with Crippen molar-refractivity contribution in [2.45, 2.75) is 6.92 Å². The number of morpholine rings is 1. The Morgan fingerprint density at radius 3 is 2.58 bits per heavy atom. The van der Waals surface area contributed by atoms with Crippen molar-refractivity contribution in [2.24, 2.45) is 5.10 Å². The van der Waals surface area contributed by atoms with Gasteiger partial charge in [0.25, 0.3) is 0 Å². The fourth-order valence-electron chi connectivity index (χ4n) is 3.10. The summed E-state index contributed by atoms with van der Waals surface area (Å²) in [4.78, 5) is 25.6. The van der Waals surface area contributed by atoms with Crippen molar-refractivity contribution in [3.05, 3.63) is 63.7 Å². The second-order valence-corrected chi connectivity index (χ2v) is 7.22. The molecule has 0 spiro atoms. The quantitative estimate of drug-likeness (QED) is 0.278. The molecule has 2 aromatic carbocycles. The van der Waals surface area contributed by atoms with Gasteiger partial charge in [0.05, 0.1) is 24.4 Å². The molecule has 4 rings (SSSR count). The van der Waals surface area contributed by atoms with Crippen LogP contribution in [0, 0.1) is 17.0 Å². The molecule has 3 N–H and O–H groups in total. The number of aromatic nitrogens is 3. The van der Waals surface area contributed by atoms with Crippen LogP contribution >= 0.6 is 0 Å². The Morgan fingerprint density at radius 2 is 1.85 bits per heavy atom. The van der Waals surface area contributed by atoms with E-state index in [1.165, 1.54) is 24.4 Å². The predicted molar refractivity (Wildman–Crippen MR) is 123 cm³/mol. The predicted octanol–water partition coefficient (Wildman–Crippen LogP) is 2.82. The summed E-state index contributed by atoms with van der Waals surface area (Å²) in [7, 11) is 0. The van der Waals surface area contributed by atoms with Gasteiger partial charge >= 0.3 is 5.69 Å². The lowest BCUT2D eigenvalue weighted by molar-refractivity contribution is -0.385. The zero-order valence-electron chi connectivity index (χ0n) is 17.8. The molecule has 1 fully saturated rings. The molecule has 1 aromatic heterocycles. The van der Waals surface area contributed by atoms with Crippen LogP contribution in [0.3, 0.4) is 0 Å². The van der Waals surface area contributed by atoms with Gasteiger partial charge in [-0.2, -0.15) is 20.1 Å². The number of nitro groups is 1. The molecule has 1 aliphatic heterocycles. The summed E-state index contributed by atoms with van der Waals surface area (Å²) in [5, 5.41) is 28.3. The third kappa shape index (κ3) is 5.49. The molecule has 2 heterocycles.